The Bertz CT molecular complexity index is 676. The van der Waals surface area contributed by atoms with E-state index in [2.05, 4.69) is 34.3 Å². The first-order valence-corrected chi connectivity index (χ1v) is 8.78. The zero-order chi connectivity index (χ0) is 15.8. The number of rotatable bonds is 2. The van der Waals surface area contributed by atoms with E-state index in [4.69, 9.17) is 0 Å². The second-order valence-corrected chi connectivity index (χ2v) is 7.17. The van der Waals surface area contributed by atoms with Crippen molar-refractivity contribution in [3.8, 4) is 0 Å². The van der Waals surface area contributed by atoms with E-state index in [-0.39, 0.29) is 5.41 Å². The van der Waals surface area contributed by atoms with Gasteiger partial charge in [-0.15, -0.1) is 0 Å². The van der Waals surface area contributed by atoms with Gasteiger partial charge in [0.05, 0.1) is 11.3 Å². The highest BCUT2D eigenvalue weighted by Crippen LogP contribution is 2.56. The maximum absolute atomic E-state index is 11.6. The van der Waals surface area contributed by atoms with Crippen LogP contribution in [0.2, 0.25) is 0 Å². The second kappa shape index (κ2) is 5.72. The topological polar surface area (TPSA) is 46.0 Å². The first kappa shape index (κ1) is 14.8. The maximum atomic E-state index is 11.6. The van der Waals surface area contributed by atoms with Gasteiger partial charge < -0.3 is 5.11 Å². The van der Waals surface area contributed by atoms with Gasteiger partial charge in [0, 0.05) is 30.4 Å². The van der Waals surface area contributed by atoms with Gasteiger partial charge in [0.25, 0.3) is 0 Å². The highest BCUT2D eigenvalue weighted by atomic mass is 16.3. The molecule has 0 bridgehead atoms. The minimum atomic E-state index is -0.798. The fourth-order valence-corrected chi connectivity index (χ4v) is 4.83. The molecule has 3 nitrogen and oxygen atoms in total. The average Bonchev–Trinajstić information content (AvgIpc) is 2.70. The first-order valence-electron chi connectivity index (χ1n) is 8.78. The third-order valence-corrected chi connectivity index (χ3v) is 5.82. The maximum Gasteiger partial charge on any atom is 0.0924 e. The van der Waals surface area contributed by atoms with Crippen LogP contribution >= 0.6 is 0 Å². The van der Waals surface area contributed by atoms with Crippen LogP contribution in [0.5, 0.6) is 0 Å². The normalized spacial score (nSPS) is 33.1. The SMILES string of the molecule is OC1(Cc2cnccn2)CCCC2=CCCCC23CC=CC=C13. The lowest BCUT2D eigenvalue weighted by Crippen LogP contribution is -2.43. The molecule has 2 unspecified atom stereocenters. The quantitative estimate of drug-likeness (QED) is 0.842. The molecule has 120 valence electrons. The van der Waals surface area contributed by atoms with Crippen molar-refractivity contribution < 1.29 is 5.11 Å². The molecule has 4 rings (SSSR count). The molecule has 0 saturated heterocycles. The molecular weight excluding hydrogens is 284 g/mol. The van der Waals surface area contributed by atoms with Crippen molar-refractivity contribution in [3.05, 3.63) is 59.7 Å². The highest BCUT2D eigenvalue weighted by molar-refractivity contribution is 5.44. The van der Waals surface area contributed by atoms with Crippen molar-refractivity contribution in [3.63, 3.8) is 0 Å². The Hall–Kier alpha value is -1.74. The van der Waals surface area contributed by atoms with E-state index in [1.54, 1.807) is 24.2 Å². The third kappa shape index (κ3) is 2.47. The fourth-order valence-electron chi connectivity index (χ4n) is 4.83. The van der Waals surface area contributed by atoms with Gasteiger partial charge in [-0.1, -0.05) is 29.9 Å². The third-order valence-electron chi connectivity index (χ3n) is 5.82. The van der Waals surface area contributed by atoms with E-state index in [0.29, 0.717) is 6.42 Å². The van der Waals surface area contributed by atoms with Gasteiger partial charge in [-0.3, -0.25) is 9.97 Å². The summed E-state index contributed by atoms with van der Waals surface area (Å²) in [5, 5.41) is 11.6. The number of allylic oxidation sites excluding steroid dienone is 5. The summed E-state index contributed by atoms with van der Waals surface area (Å²) in [5.74, 6) is 0. The standard InChI is InChI=1S/C20H24N2O/c23-20(14-17-15-21-12-13-22-17)11-5-7-16-6-1-3-9-19(16)10-4-2-8-18(19)20/h2,4,6,8,12-13,15,23H,1,3,5,7,9-11,14H2. The van der Waals surface area contributed by atoms with Crippen LogP contribution in [0.4, 0.5) is 0 Å². The zero-order valence-corrected chi connectivity index (χ0v) is 13.5. The van der Waals surface area contributed by atoms with Crippen molar-refractivity contribution in [2.45, 2.75) is 57.0 Å². The number of nitrogens with zero attached hydrogens (tertiary/aromatic N) is 2. The lowest BCUT2D eigenvalue weighted by atomic mass is 9.60. The molecule has 3 aliphatic rings. The predicted octanol–water partition coefficient (Wildman–Crippen LogP) is 3.92. The molecule has 0 aliphatic heterocycles. The largest absolute Gasteiger partial charge is 0.385 e. The monoisotopic (exact) mass is 308 g/mol. The summed E-state index contributed by atoms with van der Waals surface area (Å²) in [6, 6.07) is 0. The summed E-state index contributed by atoms with van der Waals surface area (Å²) < 4.78 is 0. The van der Waals surface area contributed by atoms with E-state index < -0.39 is 5.60 Å². The molecule has 2 atom stereocenters. The Morgan fingerprint density at radius 3 is 3.00 bits per heavy atom. The Balaban J connectivity index is 1.78. The lowest BCUT2D eigenvalue weighted by molar-refractivity contribution is 0.0503. The average molecular weight is 308 g/mol. The van der Waals surface area contributed by atoms with Crippen LogP contribution in [0, 0.1) is 5.41 Å². The van der Waals surface area contributed by atoms with Crippen molar-refractivity contribution in [1.29, 1.82) is 0 Å². The summed E-state index contributed by atoms with van der Waals surface area (Å²) in [6.45, 7) is 0. The summed E-state index contributed by atoms with van der Waals surface area (Å²) in [4.78, 5) is 8.58. The number of aliphatic hydroxyl groups is 1. The molecule has 1 N–H and O–H groups in total. The second-order valence-electron chi connectivity index (χ2n) is 7.17. The van der Waals surface area contributed by atoms with Crippen LogP contribution in [0.25, 0.3) is 0 Å². The van der Waals surface area contributed by atoms with Crippen LogP contribution in [-0.4, -0.2) is 20.7 Å². The van der Waals surface area contributed by atoms with Gasteiger partial charge in [0.2, 0.25) is 0 Å². The molecule has 3 aliphatic carbocycles. The molecule has 1 spiro atoms. The number of hydrogen-bond acceptors (Lipinski definition) is 3. The zero-order valence-electron chi connectivity index (χ0n) is 13.5. The molecular formula is C20H24N2O. The lowest BCUT2D eigenvalue weighted by Gasteiger charge is -2.46. The van der Waals surface area contributed by atoms with Gasteiger partial charge in [0.15, 0.2) is 0 Å². The molecule has 1 fully saturated rings. The molecule has 0 aromatic carbocycles. The van der Waals surface area contributed by atoms with E-state index in [9.17, 15) is 5.11 Å². The molecule has 1 aromatic heterocycles. The molecule has 1 heterocycles. The summed E-state index contributed by atoms with van der Waals surface area (Å²) in [6.07, 6.45) is 22.4. The molecule has 1 saturated carbocycles. The summed E-state index contributed by atoms with van der Waals surface area (Å²) >= 11 is 0. The molecule has 0 radical (unpaired) electrons. The first-order chi connectivity index (χ1) is 11.2. The Morgan fingerprint density at radius 1 is 1.17 bits per heavy atom. The highest BCUT2D eigenvalue weighted by Gasteiger charge is 2.49. The van der Waals surface area contributed by atoms with Gasteiger partial charge in [0.1, 0.15) is 0 Å². The number of hydrogen-bond donors (Lipinski definition) is 1. The molecule has 3 heteroatoms. The van der Waals surface area contributed by atoms with Crippen molar-refractivity contribution >= 4 is 0 Å². The van der Waals surface area contributed by atoms with E-state index in [0.717, 1.165) is 37.8 Å². The summed E-state index contributed by atoms with van der Waals surface area (Å²) in [5.41, 5.74) is 2.92. The van der Waals surface area contributed by atoms with E-state index >= 15 is 0 Å². The van der Waals surface area contributed by atoms with Crippen LogP contribution in [0.3, 0.4) is 0 Å². The molecule has 23 heavy (non-hydrogen) atoms. The minimum Gasteiger partial charge on any atom is -0.385 e. The van der Waals surface area contributed by atoms with Crippen LogP contribution in [-0.2, 0) is 6.42 Å². The summed E-state index contributed by atoms with van der Waals surface area (Å²) in [7, 11) is 0. The van der Waals surface area contributed by atoms with Gasteiger partial charge in [-0.2, -0.15) is 0 Å². The molecule has 0 amide bonds. The fraction of sp³-hybridized carbons (Fsp3) is 0.500. The van der Waals surface area contributed by atoms with Crippen molar-refractivity contribution in [2.24, 2.45) is 5.41 Å². The van der Waals surface area contributed by atoms with Crippen LogP contribution in [0.1, 0.15) is 50.6 Å². The number of aromatic nitrogens is 2. The Morgan fingerprint density at radius 2 is 2.13 bits per heavy atom. The Labute approximate surface area is 137 Å². The van der Waals surface area contributed by atoms with Crippen LogP contribution < -0.4 is 0 Å². The van der Waals surface area contributed by atoms with Gasteiger partial charge in [-0.25, -0.2) is 0 Å². The predicted molar refractivity (Wildman–Crippen MR) is 90.7 cm³/mol. The minimum absolute atomic E-state index is 0.0560. The van der Waals surface area contributed by atoms with Gasteiger partial charge in [-0.05, 0) is 50.5 Å². The van der Waals surface area contributed by atoms with Crippen molar-refractivity contribution in [2.75, 3.05) is 0 Å². The van der Waals surface area contributed by atoms with E-state index in [1.807, 2.05) is 0 Å². The molecule has 1 aromatic rings. The Kier molecular flexibility index (Phi) is 3.68. The van der Waals surface area contributed by atoms with E-state index in [1.165, 1.54) is 18.4 Å². The van der Waals surface area contributed by atoms with Gasteiger partial charge >= 0.3 is 0 Å². The van der Waals surface area contributed by atoms with Crippen LogP contribution in [0.15, 0.2) is 54.0 Å². The smallest absolute Gasteiger partial charge is 0.0924 e. The van der Waals surface area contributed by atoms with Crippen molar-refractivity contribution in [1.82, 2.24) is 9.97 Å².